The van der Waals surface area contributed by atoms with Crippen molar-refractivity contribution in [3.63, 3.8) is 0 Å². The Morgan fingerprint density at radius 2 is 1.71 bits per heavy atom. The fraction of sp³-hybridized carbons (Fsp3) is 0.143. The molecule has 0 aliphatic rings. The number of sulfonamides is 1. The number of halogens is 3. The van der Waals surface area contributed by atoms with Crippen LogP contribution >= 0.6 is 31.9 Å². The summed E-state index contributed by atoms with van der Waals surface area (Å²) in [4.78, 5) is -0.104. The Balaban J connectivity index is 2.24. The standard InChI is InChI=1S/C14H12Br2FNO2S/c1-9(10-2-4-11(15)5-3-10)18-21(19,20)12-6-7-13(16)14(17)8-12/h2-9,18H,1H3. The van der Waals surface area contributed by atoms with Crippen molar-refractivity contribution in [1.82, 2.24) is 4.72 Å². The number of nitrogens with one attached hydrogen (secondary N) is 1. The van der Waals surface area contributed by atoms with Gasteiger partial charge in [-0.3, -0.25) is 0 Å². The van der Waals surface area contributed by atoms with Crippen LogP contribution in [0.3, 0.4) is 0 Å². The van der Waals surface area contributed by atoms with E-state index in [1.54, 1.807) is 6.92 Å². The highest BCUT2D eigenvalue weighted by atomic mass is 79.9. The van der Waals surface area contributed by atoms with E-state index >= 15 is 0 Å². The zero-order valence-corrected chi connectivity index (χ0v) is 15.0. The second-order valence-corrected chi connectivity index (χ2v) is 7.95. The predicted octanol–water partition coefficient (Wildman–Crippen LogP) is 4.39. The maximum absolute atomic E-state index is 13.5. The number of rotatable bonds is 4. The van der Waals surface area contributed by atoms with Crippen LogP contribution < -0.4 is 4.72 Å². The molecule has 21 heavy (non-hydrogen) atoms. The summed E-state index contributed by atoms with van der Waals surface area (Å²) in [6.45, 7) is 1.73. The quantitative estimate of drug-likeness (QED) is 0.772. The molecule has 2 aromatic carbocycles. The summed E-state index contributed by atoms with van der Waals surface area (Å²) in [5.74, 6) is -0.617. The molecule has 0 spiro atoms. The average molecular weight is 437 g/mol. The fourth-order valence-corrected chi connectivity index (χ4v) is 3.52. The van der Waals surface area contributed by atoms with E-state index in [9.17, 15) is 12.8 Å². The molecule has 0 amide bonds. The van der Waals surface area contributed by atoms with Crippen LogP contribution in [0.15, 0.2) is 56.3 Å². The van der Waals surface area contributed by atoms with Crippen molar-refractivity contribution in [2.24, 2.45) is 0 Å². The van der Waals surface area contributed by atoms with Crippen LogP contribution in [0, 0.1) is 5.82 Å². The first-order chi connectivity index (χ1) is 9.79. The number of hydrogen-bond acceptors (Lipinski definition) is 2. The van der Waals surface area contributed by atoms with Gasteiger partial charge in [-0.1, -0.05) is 28.1 Å². The molecule has 1 unspecified atom stereocenters. The van der Waals surface area contributed by atoms with Crippen LogP contribution in [0.2, 0.25) is 0 Å². The molecule has 0 aliphatic carbocycles. The van der Waals surface area contributed by atoms with Gasteiger partial charge in [-0.2, -0.15) is 0 Å². The topological polar surface area (TPSA) is 46.2 Å². The lowest BCUT2D eigenvalue weighted by Gasteiger charge is -2.15. The molecule has 7 heteroatoms. The van der Waals surface area contributed by atoms with Crippen LogP contribution in [-0.4, -0.2) is 8.42 Å². The smallest absolute Gasteiger partial charge is 0.207 e. The highest BCUT2D eigenvalue weighted by Crippen LogP contribution is 2.22. The van der Waals surface area contributed by atoms with Crippen LogP contribution in [-0.2, 0) is 10.0 Å². The summed E-state index contributed by atoms with van der Waals surface area (Å²) in [5, 5.41) is 0. The maximum atomic E-state index is 13.5. The van der Waals surface area contributed by atoms with E-state index in [-0.39, 0.29) is 9.37 Å². The predicted molar refractivity (Wildman–Crippen MR) is 87.0 cm³/mol. The Kier molecular flexibility index (Phi) is 5.19. The molecule has 0 bridgehead atoms. The lowest BCUT2D eigenvalue weighted by atomic mass is 10.1. The van der Waals surface area contributed by atoms with Gasteiger partial charge in [-0.15, -0.1) is 0 Å². The van der Waals surface area contributed by atoms with E-state index in [2.05, 4.69) is 36.6 Å². The molecule has 2 aromatic rings. The van der Waals surface area contributed by atoms with Crippen LogP contribution in [0.25, 0.3) is 0 Å². The van der Waals surface area contributed by atoms with Gasteiger partial charge >= 0.3 is 0 Å². The second-order valence-electron chi connectivity index (χ2n) is 4.47. The Morgan fingerprint density at radius 1 is 1.10 bits per heavy atom. The molecule has 0 aliphatic heterocycles. The molecule has 3 nitrogen and oxygen atoms in total. The summed E-state index contributed by atoms with van der Waals surface area (Å²) >= 11 is 6.32. The van der Waals surface area contributed by atoms with Crippen LogP contribution in [0.4, 0.5) is 4.39 Å². The highest BCUT2D eigenvalue weighted by Gasteiger charge is 2.19. The largest absolute Gasteiger partial charge is 0.241 e. The molecule has 112 valence electrons. The van der Waals surface area contributed by atoms with Crippen molar-refractivity contribution in [2.75, 3.05) is 0 Å². The lowest BCUT2D eigenvalue weighted by molar-refractivity contribution is 0.563. The molecule has 0 saturated carbocycles. The molecule has 1 N–H and O–H groups in total. The van der Waals surface area contributed by atoms with Gasteiger partial charge in [0.2, 0.25) is 10.0 Å². The van der Waals surface area contributed by atoms with Gasteiger partial charge in [0.25, 0.3) is 0 Å². The number of benzene rings is 2. The normalized spacial score (nSPS) is 13.1. The Labute approximate surface area is 139 Å². The van der Waals surface area contributed by atoms with Gasteiger partial charge in [0.05, 0.1) is 9.37 Å². The third kappa shape index (κ3) is 4.12. The zero-order valence-electron chi connectivity index (χ0n) is 11.0. The van der Waals surface area contributed by atoms with Crippen molar-refractivity contribution in [3.8, 4) is 0 Å². The lowest BCUT2D eigenvalue weighted by Crippen LogP contribution is -2.27. The van der Waals surface area contributed by atoms with E-state index in [1.807, 2.05) is 24.3 Å². The second kappa shape index (κ2) is 6.56. The first-order valence-corrected chi connectivity index (χ1v) is 9.09. The van der Waals surface area contributed by atoms with Gasteiger partial charge in [0.15, 0.2) is 0 Å². The SMILES string of the molecule is CC(NS(=O)(=O)c1ccc(Br)c(F)c1)c1ccc(Br)cc1. The summed E-state index contributed by atoms with van der Waals surface area (Å²) < 4.78 is 41.6. The molecular formula is C14H12Br2FNO2S. The molecule has 0 aromatic heterocycles. The third-order valence-corrected chi connectivity index (χ3v) is 5.61. The minimum Gasteiger partial charge on any atom is -0.207 e. The Morgan fingerprint density at radius 3 is 2.29 bits per heavy atom. The molecular weight excluding hydrogens is 425 g/mol. The van der Waals surface area contributed by atoms with E-state index in [0.717, 1.165) is 16.1 Å². The molecule has 0 fully saturated rings. The summed E-state index contributed by atoms with van der Waals surface area (Å²) in [6, 6.07) is 10.6. The Bertz CT molecular complexity index is 748. The molecule has 0 radical (unpaired) electrons. The average Bonchev–Trinajstić information content (AvgIpc) is 2.42. The minimum absolute atomic E-state index is 0.104. The van der Waals surface area contributed by atoms with E-state index in [1.165, 1.54) is 12.1 Å². The Hall–Kier alpha value is -0.760. The van der Waals surface area contributed by atoms with Crippen LogP contribution in [0.5, 0.6) is 0 Å². The van der Waals surface area contributed by atoms with Gasteiger partial charge in [0, 0.05) is 10.5 Å². The number of hydrogen-bond donors (Lipinski definition) is 1. The van der Waals surface area contributed by atoms with Gasteiger partial charge in [-0.05, 0) is 58.7 Å². The van der Waals surface area contributed by atoms with Crippen molar-refractivity contribution < 1.29 is 12.8 Å². The zero-order chi connectivity index (χ0) is 15.6. The molecule has 0 saturated heterocycles. The first kappa shape index (κ1) is 16.6. The van der Waals surface area contributed by atoms with Gasteiger partial charge in [-0.25, -0.2) is 17.5 Å². The fourth-order valence-electron chi connectivity index (χ4n) is 1.76. The third-order valence-electron chi connectivity index (χ3n) is 2.90. The molecule has 0 heterocycles. The van der Waals surface area contributed by atoms with Crippen molar-refractivity contribution in [2.45, 2.75) is 17.9 Å². The minimum atomic E-state index is -3.78. The first-order valence-electron chi connectivity index (χ1n) is 6.02. The molecule has 1 atom stereocenters. The maximum Gasteiger partial charge on any atom is 0.241 e. The van der Waals surface area contributed by atoms with Crippen LogP contribution in [0.1, 0.15) is 18.5 Å². The van der Waals surface area contributed by atoms with Gasteiger partial charge in [0.1, 0.15) is 5.82 Å². The van der Waals surface area contributed by atoms with Crippen molar-refractivity contribution in [1.29, 1.82) is 0 Å². The van der Waals surface area contributed by atoms with E-state index < -0.39 is 21.9 Å². The summed E-state index contributed by atoms with van der Waals surface area (Å²) in [5.41, 5.74) is 0.819. The summed E-state index contributed by atoms with van der Waals surface area (Å²) in [6.07, 6.45) is 0. The van der Waals surface area contributed by atoms with E-state index in [4.69, 9.17) is 0 Å². The van der Waals surface area contributed by atoms with Crippen molar-refractivity contribution >= 4 is 41.9 Å². The highest BCUT2D eigenvalue weighted by molar-refractivity contribution is 9.10. The van der Waals surface area contributed by atoms with E-state index in [0.29, 0.717) is 0 Å². The monoisotopic (exact) mass is 435 g/mol. The van der Waals surface area contributed by atoms with Crippen molar-refractivity contribution in [3.05, 3.63) is 62.8 Å². The van der Waals surface area contributed by atoms with Gasteiger partial charge < -0.3 is 0 Å². The summed E-state index contributed by atoms with van der Waals surface area (Å²) in [7, 11) is -3.78. The molecule has 2 rings (SSSR count).